The zero-order valence-electron chi connectivity index (χ0n) is 9.81. The van der Waals surface area contributed by atoms with Crippen LogP contribution in [0.5, 0.6) is 0 Å². The second kappa shape index (κ2) is 5.53. The number of aryl methyl sites for hydroxylation is 1. The van der Waals surface area contributed by atoms with Crippen molar-refractivity contribution < 1.29 is 0 Å². The third-order valence-corrected chi connectivity index (χ3v) is 2.93. The Morgan fingerprint density at radius 1 is 1.27 bits per heavy atom. The van der Waals surface area contributed by atoms with Crippen LogP contribution in [-0.4, -0.2) is 11.4 Å². The molecule has 1 nitrogen and oxygen atoms in total. The Morgan fingerprint density at radius 3 is 2.53 bits per heavy atom. The zero-order valence-corrected chi connectivity index (χ0v) is 10.6. The van der Waals surface area contributed by atoms with Crippen molar-refractivity contribution in [2.45, 2.75) is 39.3 Å². The summed E-state index contributed by atoms with van der Waals surface area (Å²) < 4.78 is 0. The number of nitrogens with one attached hydrogen (secondary N) is 1. The lowest BCUT2D eigenvalue weighted by Crippen LogP contribution is -2.39. The molecule has 15 heavy (non-hydrogen) atoms. The summed E-state index contributed by atoms with van der Waals surface area (Å²) in [6, 6.07) is 8.46. The molecule has 1 aromatic rings. The largest absolute Gasteiger partial charge is 0.308 e. The summed E-state index contributed by atoms with van der Waals surface area (Å²) in [4.78, 5) is 0. The maximum absolute atomic E-state index is 5.76. The predicted molar refractivity (Wildman–Crippen MR) is 67.4 cm³/mol. The Balaban J connectivity index is 2.53. The van der Waals surface area contributed by atoms with Crippen LogP contribution in [0.2, 0.25) is 0 Å². The van der Waals surface area contributed by atoms with E-state index >= 15 is 0 Å². The van der Waals surface area contributed by atoms with E-state index in [1.165, 1.54) is 11.1 Å². The Hall–Kier alpha value is -0.530. The van der Waals surface area contributed by atoms with Gasteiger partial charge in [0.25, 0.3) is 0 Å². The fraction of sp³-hybridized carbons (Fsp3) is 0.538. The number of hydrogen-bond donors (Lipinski definition) is 1. The van der Waals surface area contributed by atoms with E-state index in [0.717, 1.165) is 13.0 Å². The average molecular weight is 226 g/mol. The minimum atomic E-state index is 0.115. The summed E-state index contributed by atoms with van der Waals surface area (Å²) in [6.07, 6.45) is 0.987. The van der Waals surface area contributed by atoms with E-state index in [1.807, 2.05) is 0 Å². The molecule has 0 aromatic heterocycles. The van der Waals surface area contributed by atoms with Gasteiger partial charge in [0, 0.05) is 18.0 Å². The molecule has 0 unspecified atom stereocenters. The highest BCUT2D eigenvalue weighted by atomic mass is 35.5. The molecular formula is C13H20ClN. The maximum atomic E-state index is 5.76. The lowest BCUT2D eigenvalue weighted by Gasteiger charge is -2.25. The van der Waals surface area contributed by atoms with Gasteiger partial charge in [-0.3, -0.25) is 0 Å². The summed E-state index contributed by atoms with van der Waals surface area (Å²) in [5.74, 6) is 0.702. The molecule has 0 radical (unpaired) electrons. The van der Waals surface area contributed by atoms with E-state index in [2.05, 4.69) is 50.4 Å². The van der Waals surface area contributed by atoms with E-state index in [4.69, 9.17) is 11.6 Å². The molecule has 84 valence electrons. The van der Waals surface area contributed by atoms with Crippen molar-refractivity contribution in [3.63, 3.8) is 0 Å². The number of hydrogen-bond acceptors (Lipinski definition) is 1. The highest BCUT2D eigenvalue weighted by Crippen LogP contribution is 2.12. The first kappa shape index (κ1) is 12.5. The SMILES string of the molecule is Cc1ccccc1CNC(C)(C)CCCl. The van der Waals surface area contributed by atoms with Crippen LogP contribution in [0.4, 0.5) is 0 Å². The topological polar surface area (TPSA) is 12.0 Å². The number of benzene rings is 1. The van der Waals surface area contributed by atoms with E-state index in [0.29, 0.717) is 5.88 Å². The van der Waals surface area contributed by atoms with Gasteiger partial charge in [0.05, 0.1) is 0 Å². The van der Waals surface area contributed by atoms with Crippen molar-refractivity contribution in [1.29, 1.82) is 0 Å². The minimum absolute atomic E-state index is 0.115. The molecule has 1 N–H and O–H groups in total. The summed E-state index contributed by atoms with van der Waals surface area (Å²) in [7, 11) is 0. The second-order valence-corrected chi connectivity index (χ2v) is 4.98. The molecule has 0 amide bonds. The number of rotatable bonds is 5. The number of halogens is 1. The van der Waals surface area contributed by atoms with Crippen molar-refractivity contribution in [1.82, 2.24) is 5.32 Å². The molecule has 0 saturated carbocycles. The molecule has 0 heterocycles. The summed E-state index contributed by atoms with van der Waals surface area (Å²) >= 11 is 5.76. The van der Waals surface area contributed by atoms with Gasteiger partial charge in [-0.15, -0.1) is 11.6 Å². The zero-order chi connectivity index (χ0) is 11.3. The second-order valence-electron chi connectivity index (χ2n) is 4.60. The molecule has 0 bridgehead atoms. The first-order valence-corrected chi connectivity index (χ1v) is 5.94. The Kier molecular flexibility index (Phi) is 4.62. The van der Waals surface area contributed by atoms with Crippen LogP contribution in [0.25, 0.3) is 0 Å². The average Bonchev–Trinajstić information content (AvgIpc) is 2.16. The van der Waals surface area contributed by atoms with Gasteiger partial charge in [0.1, 0.15) is 0 Å². The Labute approximate surface area is 97.8 Å². The lowest BCUT2D eigenvalue weighted by molar-refractivity contribution is 0.376. The third-order valence-electron chi connectivity index (χ3n) is 2.74. The van der Waals surface area contributed by atoms with Gasteiger partial charge < -0.3 is 5.32 Å². The van der Waals surface area contributed by atoms with E-state index in [-0.39, 0.29) is 5.54 Å². The van der Waals surface area contributed by atoms with Crippen LogP contribution >= 0.6 is 11.6 Å². The highest BCUT2D eigenvalue weighted by Gasteiger charge is 2.15. The molecule has 1 aromatic carbocycles. The molecule has 2 heteroatoms. The Bertz CT molecular complexity index is 307. The van der Waals surface area contributed by atoms with E-state index < -0.39 is 0 Å². The van der Waals surface area contributed by atoms with Gasteiger partial charge in [-0.05, 0) is 38.3 Å². The fourth-order valence-corrected chi connectivity index (χ4v) is 1.94. The lowest BCUT2D eigenvalue weighted by atomic mass is 10.0. The van der Waals surface area contributed by atoms with Crippen LogP contribution in [0.1, 0.15) is 31.4 Å². The van der Waals surface area contributed by atoms with Gasteiger partial charge in [0.2, 0.25) is 0 Å². The summed E-state index contributed by atoms with van der Waals surface area (Å²) in [5.41, 5.74) is 2.82. The maximum Gasteiger partial charge on any atom is 0.0240 e. The van der Waals surface area contributed by atoms with Gasteiger partial charge in [-0.2, -0.15) is 0 Å². The monoisotopic (exact) mass is 225 g/mol. The molecule has 0 spiro atoms. The molecule has 0 atom stereocenters. The molecule has 0 aliphatic rings. The molecule has 0 aliphatic carbocycles. The van der Waals surface area contributed by atoms with Crippen molar-refractivity contribution in [3.05, 3.63) is 35.4 Å². The van der Waals surface area contributed by atoms with Crippen molar-refractivity contribution in [2.24, 2.45) is 0 Å². The third kappa shape index (κ3) is 4.23. The van der Waals surface area contributed by atoms with Crippen LogP contribution in [-0.2, 0) is 6.54 Å². The van der Waals surface area contributed by atoms with Gasteiger partial charge in [0.15, 0.2) is 0 Å². The fourth-order valence-electron chi connectivity index (χ4n) is 1.47. The van der Waals surface area contributed by atoms with Crippen LogP contribution in [0.3, 0.4) is 0 Å². The van der Waals surface area contributed by atoms with Crippen molar-refractivity contribution >= 4 is 11.6 Å². The molecule has 0 aliphatic heterocycles. The Morgan fingerprint density at radius 2 is 1.93 bits per heavy atom. The minimum Gasteiger partial charge on any atom is -0.308 e. The smallest absolute Gasteiger partial charge is 0.0240 e. The first-order valence-electron chi connectivity index (χ1n) is 5.41. The molecular weight excluding hydrogens is 206 g/mol. The highest BCUT2D eigenvalue weighted by molar-refractivity contribution is 6.17. The molecule has 1 rings (SSSR count). The van der Waals surface area contributed by atoms with Gasteiger partial charge >= 0.3 is 0 Å². The van der Waals surface area contributed by atoms with Crippen molar-refractivity contribution in [3.8, 4) is 0 Å². The molecule has 0 fully saturated rings. The van der Waals surface area contributed by atoms with Crippen LogP contribution in [0.15, 0.2) is 24.3 Å². The summed E-state index contributed by atoms with van der Waals surface area (Å²) in [5, 5.41) is 3.53. The van der Waals surface area contributed by atoms with Gasteiger partial charge in [-0.1, -0.05) is 24.3 Å². The van der Waals surface area contributed by atoms with Gasteiger partial charge in [-0.25, -0.2) is 0 Å². The standard InChI is InChI=1S/C13H20ClN/c1-11-6-4-5-7-12(11)10-15-13(2,3)8-9-14/h4-7,15H,8-10H2,1-3H3. The molecule has 0 saturated heterocycles. The summed E-state index contributed by atoms with van der Waals surface area (Å²) in [6.45, 7) is 7.43. The number of alkyl halides is 1. The quantitative estimate of drug-likeness (QED) is 0.757. The normalized spacial score (nSPS) is 11.7. The van der Waals surface area contributed by atoms with E-state index in [9.17, 15) is 0 Å². The van der Waals surface area contributed by atoms with E-state index in [1.54, 1.807) is 0 Å². The van der Waals surface area contributed by atoms with Crippen molar-refractivity contribution in [2.75, 3.05) is 5.88 Å². The van der Waals surface area contributed by atoms with Crippen LogP contribution in [0, 0.1) is 6.92 Å². The predicted octanol–water partition coefficient (Wildman–Crippen LogP) is 3.49. The first-order chi connectivity index (χ1) is 7.05. The van der Waals surface area contributed by atoms with Crippen LogP contribution < -0.4 is 5.32 Å².